The fraction of sp³-hybridized carbons (Fsp3) is 0.462. The SMILES string of the molecule is Cc1cc(F)cc(C)c1S(=O)(=O)N(C)C(C)(C)C(=O)O. The van der Waals surface area contributed by atoms with Crippen LogP contribution in [0.4, 0.5) is 4.39 Å². The summed E-state index contributed by atoms with van der Waals surface area (Å²) in [5.41, 5.74) is -1.11. The second-order valence-corrected chi connectivity index (χ2v) is 7.11. The van der Waals surface area contributed by atoms with Crippen molar-refractivity contribution < 1.29 is 22.7 Å². The molecule has 0 saturated heterocycles. The molecule has 0 amide bonds. The van der Waals surface area contributed by atoms with E-state index in [2.05, 4.69) is 0 Å². The Kier molecular flexibility index (Phi) is 4.26. The Morgan fingerprint density at radius 2 is 1.65 bits per heavy atom. The summed E-state index contributed by atoms with van der Waals surface area (Å²) in [5.74, 6) is -1.79. The molecular formula is C13H18FNO4S. The normalized spacial score (nSPS) is 12.8. The number of rotatable bonds is 4. The van der Waals surface area contributed by atoms with Crippen LogP contribution in [-0.2, 0) is 14.8 Å². The molecule has 0 spiro atoms. The molecule has 20 heavy (non-hydrogen) atoms. The summed E-state index contributed by atoms with van der Waals surface area (Å²) >= 11 is 0. The monoisotopic (exact) mass is 303 g/mol. The van der Waals surface area contributed by atoms with E-state index in [-0.39, 0.29) is 16.0 Å². The van der Waals surface area contributed by atoms with Crippen molar-refractivity contribution in [2.45, 2.75) is 38.1 Å². The van der Waals surface area contributed by atoms with Crippen molar-refractivity contribution in [2.75, 3.05) is 7.05 Å². The van der Waals surface area contributed by atoms with Crippen LogP contribution in [0.15, 0.2) is 17.0 Å². The summed E-state index contributed by atoms with van der Waals surface area (Å²) in [5, 5.41) is 9.14. The standard InChI is InChI=1S/C13H18FNO4S/c1-8-6-10(14)7-9(2)11(8)20(18,19)15(5)13(3,4)12(16)17/h6-7H,1-5H3,(H,16,17). The third-order valence-corrected chi connectivity index (χ3v) is 5.69. The topological polar surface area (TPSA) is 74.7 Å². The molecule has 0 fully saturated rings. The van der Waals surface area contributed by atoms with Gasteiger partial charge in [-0.3, -0.25) is 4.79 Å². The highest BCUT2D eigenvalue weighted by atomic mass is 32.2. The number of benzene rings is 1. The molecule has 0 aliphatic carbocycles. The third-order valence-electron chi connectivity index (χ3n) is 3.35. The van der Waals surface area contributed by atoms with E-state index in [9.17, 15) is 17.6 Å². The third kappa shape index (κ3) is 2.69. The van der Waals surface area contributed by atoms with Crippen molar-refractivity contribution >= 4 is 16.0 Å². The van der Waals surface area contributed by atoms with Crippen molar-refractivity contribution in [3.05, 3.63) is 29.1 Å². The number of halogens is 1. The first-order valence-corrected chi connectivity index (χ1v) is 7.35. The van der Waals surface area contributed by atoms with Gasteiger partial charge in [-0.2, -0.15) is 4.31 Å². The molecule has 0 aliphatic rings. The summed E-state index contributed by atoms with van der Waals surface area (Å²) < 4.78 is 39.2. The Balaban J connectivity index is 3.50. The molecule has 5 nitrogen and oxygen atoms in total. The van der Waals surface area contributed by atoms with E-state index in [1.807, 2.05) is 0 Å². The Bertz CT molecular complexity index is 629. The Morgan fingerprint density at radius 1 is 1.25 bits per heavy atom. The maximum absolute atomic E-state index is 13.3. The van der Waals surface area contributed by atoms with Crippen molar-refractivity contribution in [3.63, 3.8) is 0 Å². The highest BCUT2D eigenvalue weighted by Crippen LogP contribution is 2.28. The van der Waals surface area contributed by atoms with Gasteiger partial charge in [0.15, 0.2) is 0 Å². The molecule has 0 unspecified atom stereocenters. The highest BCUT2D eigenvalue weighted by Gasteiger charge is 2.41. The minimum Gasteiger partial charge on any atom is -0.480 e. The minimum absolute atomic E-state index is 0.0595. The smallest absolute Gasteiger partial charge is 0.324 e. The number of hydrogen-bond donors (Lipinski definition) is 1. The van der Waals surface area contributed by atoms with Crippen LogP contribution in [0.3, 0.4) is 0 Å². The first-order chi connectivity index (χ1) is 8.92. The van der Waals surface area contributed by atoms with Crippen LogP contribution in [0, 0.1) is 19.7 Å². The molecular weight excluding hydrogens is 285 g/mol. The number of likely N-dealkylation sites (N-methyl/N-ethyl adjacent to an activating group) is 1. The number of hydrogen-bond acceptors (Lipinski definition) is 3. The van der Waals surface area contributed by atoms with Crippen LogP contribution in [0.2, 0.25) is 0 Å². The summed E-state index contributed by atoms with van der Waals surface area (Å²) in [4.78, 5) is 11.1. The lowest BCUT2D eigenvalue weighted by Gasteiger charge is -2.31. The minimum atomic E-state index is -4.03. The highest BCUT2D eigenvalue weighted by molar-refractivity contribution is 7.89. The quantitative estimate of drug-likeness (QED) is 0.922. The Hall–Kier alpha value is -1.47. The second kappa shape index (κ2) is 5.14. The lowest BCUT2D eigenvalue weighted by molar-refractivity contribution is -0.145. The average Bonchev–Trinajstić information content (AvgIpc) is 2.25. The zero-order chi connectivity index (χ0) is 15.9. The van der Waals surface area contributed by atoms with Crippen molar-refractivity contribution in [3.8, 4) is 0 Å². The molecule has 0 heterocycles. The van der Waals surface area contributed by atoms with E-state index in [4.69, 9.17) is 5.11 Å². The number of carboxylic acids is 1. The van der Waals surface area contributed by atoms with E-state index in [0.29, 0.717) is 0 Å². The van der Waals surface area contributed by atoms with Crippen molar-refractivity contribution in [2.24, 2.45) is 0 Å². The molecule has 112 valence electrons. The van der Waals surface area contributed by atoms with Crippen LogP contribution >= 0.6 is 0 Å². The van der Waals surface area contributed by atoms with E-state index in [1.165, 1.54) is 34.7 Å². The summed E-state index contributed by atoms with van der Waals surface area (Å²) in [6.45, 7) is 5.54. The van der Waals surface area contributed by atoms with Gasteiger partial charge in [0.05, 0.1) is 4.90 Å². The number of aryl methyl sites for hydroxylation is 2. The van der Waals surface area contributed by atoms with Gasteiger partial charge < -0.3 is 5.11 Å². The maximum Gasteiger partial charge on any atom is 0.324 e. The molecule has 7 heteroatoms. The molecule has 0 atom stereocenters. The lowest BCUT2D eigenvalue weighted by Crippen LogP contribution is -2.50. The number of sulfonamides is 1. The van der Waals surface area contributed by atoms with Gasteiger partial charge in [0.2, 0.25) is 10.0 Å². The van der Waals surface area contributed by atoms with Gasteiger partial charge in [-0.15, -0.1) is 0 Å². The van der Waals surface area contributed by atoms with E-state index < -0.39 is 27.3 Å². The first-order valence-electron chi connectivity index (χ1n) is 5.91. The van der Waals surface area contributed by atoms with Gasteiger partial charge in [-0.05, 0) is 51.0 Å². The maximum atomic E-state index is 13.3. The fourth-order valence-corrected chi connectivity index (χ4v) is 3.76. The predicted octanol–water partition coefficient (Wildman–Crippen LogP) is 1.93. The number of aliphatic carboxylic acids is 1. The van der Waals surface area contributed by atoms with Crippen LogP contribution < -0.4 is 0 Å². The van der Waals surface area contributed by atoms with Crippen LogP contribution in [0.25, 0.3) is 0 Å². The molecule has 0 aliphatic heterocycles. The number of nitrogens with zero attached hydrogens (tertiary/aromatic N) is 1. The first kappa shape index (κ1) is 16.6. The van der Waals surface area contributed by atoms with Gasteiger partial charge >= 0.3 is 5.97 Å². The Labute approximate surface area is 118 Å². The zero-order valence-corrected chi connectivity index (χ0v) is 12.9. The van der Waals surface area contributed by atoms with Gasteiger partial charge in [0.1, 0.15) is 11.4 Å². The summed E-state index contributed by atoms with van der Waals surface area (Å²) in [7, 11) is -2.83. The van der Waals surface area contributed by atoms with Crippen molar-refractivity contribution in [1.82, 2.24) is 4.31 Å². The van der Waals surface area contributed by atoms with Gasteiger partial charge in [-0.25, -0.2) is 12.8 Å². The molecule has 1 rings (SSSR count). The van der Waals surface area contributed by atoms with E-state index in [0.717, 1.165) is 16.4 Å². The number of carbonyl (C=O) groups is 1. The lowest BCUT2D eigenvalue weighted by atomic mass is 10.1. The summed E-state index contributed by atoms with van der Waals surface area (Å²) in [6.07, 6.45) is 0. The average molecular weight is 303 g/mol. The van der Waals surface area contributed by atoms with Gasteiger partial charge in [0.25, 0.3) is 0 Å². The predicted molar refractivity (Wildman–Crippen MR) is 72.5 cm³/mol. The molecule has 1 N–H and O–H groups in total. The van der Waals surface area contributed by atoms with Crippen LogP contribution in [0.5, 0.6) is 0 Å². The zero-order valence-electron chi connectivity index (χ0n) is 12.1. The fourth-order valence-electron chi connectivity index (χ4n) is 1.88. The summed E-state index contributed by atoms with van der Waals surface area (Å²) in [6, 6.07) is 2.23. The second-order valence-electron chi connectivity index (χ2n) is 5.21. The Morgan fingerprint density at radius 3 is 2.00 bits per heavy atom. The molecule has 0 bridgehead atoms. The molecule has 1 aromatic rings. The van der Waals surface area contributed by atoms with E-state index >= 15 is 0 Å². The molecule has 0 radical (unpaired) electrons. The van der Waals surface area contributed by atoms with Crippen LogP contribution in [-0.4, -0.2) is 36.4 Å². The molecule has 1 aromatic carbocycles. The largest absolute Gasteiger partial charge is 0.480 e. The van der Waals surface area contributed by atoms with E-state index in [1.54, 1.807) is 0 Å². The van der Waals surface area contributed by atoms with Gasteiger partial charge in [-0.1, -0.05) is 0 Å². The van der Waals surface area contributed by atoms with Gasteiger partial charge in [0, 0.05) is 7.05 Å². The molecule has 0 saturated carbocycles. The molecule has 0 aromatic heterocycles. The van der Waals surface area contributed by atoms with Crippen LogP contribution in [0.1, 0.15) is 25.0 Å². The number of carboxylic acid groups (broad SMARTS) is 1. The van der Waals surface area contributed by atoms with Crippen molar-refractivity contribution in [1.29, 1.82) is 0 Å².